The van der Waals surface area contributed by atoms with Crippen LogP contribution < -0.4 is 0 Å². The first-order valence-corrected chi connectivity index (χ1v) is 5.91. The first-order chi connectivity index (χ1) is 9.72. The molecule has 5 nitrogen and oxygen atoms in total. The van der Waals surface area contributed by atoms with E-state index in [-0.39, 0.29) is 18.5 Å². The number of aldehydes is 1. The smallest absolute Gasteiger partial charge is 0.416 e. The highest BCUT2D eigenvalue weighted by atomic mass is 19.4. The second kappa shape index (κ2) is 6.68. The predicted molar refractivity (Wildman–Crippen MR) is 64.4 cm³/mol. The molecule has 8 heteroatoms. The SMILES string of the molecule is CCOC(=O)C(O)C(O)c1cc(C(F)(F)F)ccc1C=O. The zero-order valence-electron chi connectivity index (χ0n) is 10.9. The van der Waals surface area contributed by atoms with Gasteiger partial charge < -0.3 is 14.9 Å². The molecule has 21 heavy (non-hydrogen) atoms. The van der Waals surface area contributed by atoms with Gasteiger partial charge in [0.05, 0.1) is 12.2 Å². The fraction of sp³-hybridized carbons (Fsp3) is 0.385. The molecule has 2 unspecified atom stereocenters. The molecule has 0 aliphatic carbocycles. The van der Waals surface area contributed by atoms with Gasteiger partial charge in [-0.2, -0.15) is 13.2 Å². The van der Waals surface area contributed by atoms with Gasteiger partial charge in [0.2, 0.25) is 0 Å². The van der Waals surface area contributed by atoms with E-state index in [1.165, 1.54) is 6.92 Å². The number of hydrogen-bond acceptors (Lipinski definition) is 5. The highest BCUT2D eigenvalue weighted by Crippen LogP contribution is 2.32. The molecule has 2 N–H and O–H groups in total. The molecule has 0 radical (unpaired) electrons. The Balaban J connectivity index is 3.20. The van der Waals surface area contributed by atoms with Crippen molar-refractivity contribution in [3.8, 4) is 0 Å². The summed E-state index contributed by atoms with van der Waals surface area (Å²) >= 11 is 0. The van der Waals surface area contributed by atoms with E-state index in [0.29, 0.717) is 12.1 Å². The molecule has 0 aromatic heterocycles. The van der Waals surface area contributed by atoms with Crippen LogP contribution in [0.15, 0.2) is 18.2 Å². The zero-order chi connectivity index (χ0) is 16.2. The summed E-state index contributed by atoms with van der Waals surface area (Å²) in [5.41, 5.74) is -1.88. The summed E-state index contributed by atoms with van der Waals surface area (Å²) in [6, 6.07) is 2.03. The van der Waals surface area contributed by atoms with Crippen LogP contribution in [0.3, 0.4) is 0 Å². The number of esters is 1. The van der Waals surface area contributed by atoms with Gasteiger partial charge in [0.15, 0.2) is 6.10 Å². The lowest BCUT2D eigenvalue weighted by Crippen LogP contribution is -2.30. The van der Waals surface area contributed by atoms with Crippen LogP contribution in [-0.4, -0.2) is 35.2 Å². The van der Waals surface area contributed by atoms with Crippen LogP contribution in [0.5, 0.6) is 0 Å². The fourth-order valence-corrected chi connectivity index (χ4v) is 1.64. The van der Waals surface area contributed by atoms with Crippen molar-refractivity contribution in [1.29, 1.82) is 0 Å². The maximum absolute atomic E-state index is 12.6. The number of aliphatic hydroxyl groups excluding tert-OH is 2. The van der Waals surface area contributed by atoms with Gasteiger partial charge in [0.25, 0.3) is 0 Å². The van der Waals surface area contributed by atoms with E-state index in [2.05, 4.69) is 4.74 Å². The van der Waals surface area contributed by atoms with Crippen LogP contribution in [0.25, 0.3) is 0 Å². The van der Waals surface area contributed by atoms with Gasteiger partial charge in [-0.1, -0.05) is 6.07 Å². The number of rotatable bonds is 5. The van der Waals surface area contributed by atoms with Crippen molar-refractivity contribution in [3.05, 3.63) is 34.9 Å². The van der Waals surface area contributed by atoms with Crippen molar-refractivity contribution in [1.82, 2.24) is 0 Å². The third-order valence-electron chi connectivity index (χ3n) is 2.69. The molecule has 0 aliphatic rings. The van der Waals surface area contributed by atoms with Gasteiger partial charge in [0.1, 0.15) is 12.4 Å². The Morgan fingerprint density at radius 2 is 2.00 bits per heavy atom. The number of halogens is 3. The standard InChI is InChI=1S/C13H13F3O5/c1-2-21-12(20)11(19)10(18)9-5-8(13(14,15)16)4-3-7(9)6-17/h3-6,10-11,18-19H,2H2,1H3. The Morgan fingerprint density at radius 1 is 1.38 bits per heavy atom. The molecular weight excluding hydrogens is 293 g/mol. The van der Waals surface area contributed by atoms with E-state index < -0.39 is 35.5 Å². The van der Waals surface area contributed by atoms with Gasteiger partial charge in [-0.15, -0.1) is 0 Å². The fourth-order valence-electron chi connectivity index (χ4n) is 1.64. The lowest BCUT2D eigenvalue weighted by atomic mass is 9.96. The molecule has 116 valence electrons. The minimum atomic E-state index is -4.69. The Labute approximate surface area is 118 Å². The van der Waals surface area contributed by atoms with Gasteiger partial charge in [-0.25, -0.2) is 4.79 Å². The molecule has 1 rings (SSSR count). The van der Waals surface area contributed by atoms with Gasteiger partial charge in [-0.05, 0) is 24.6 Å². The van der Waals surface area contributed by atoms with Gasteiger partial charge in [-0.3, -0.25) is 4.79 Å². The molecule has 1 aromatic carbocycles. The summed E-state index contributed by atoms with van der Waals surface area (Å²) in [5.74, 6) is -1.20. The van der Waals surface area contributed by atoms with Gasteiger partial charge in [0, 0.05) is 5.56 Å². The van der Waals surface area contributed by atoms with Crippen LogP contribution in [0.2, 0.25) is 0 Å². The minimum Gasteiger partial charge on any atom is -0.464 e. The molecule has 0 aliphatic heterocycles. The first kappa shape index (κ1) is 17.1. The maximum atomic E-state index is 12.6. The molecule has 0 heterocycles. The zero-order valence-corrected chi connectivity index (χ0v) is 10.9. The third-order valence-corrected chi connectivity index (χ3v) is 2.69. The van der Waals surface area contributed by atoms with E-state index >= 15 is 0 Å². The Morgan fingerprint density at radius 3 is 2.48 bits per heavy atom. The molecular formula is C13H13F3O5. The van der Waals surface area contributed by atoms with Crippen molar-refractivity contribution in [2.24, 2.45) is 0 Å². The summed E-state index contributed by atoms with van der Waals surface area (Å²) in [6.07, 6.45) is -8.57. The summed E-state index contributed by atoms with van der Waals surface area (Å²) in [6.45, 7) is 1.38. The average molecular weight is 306 g/mol. The lowest BCUT2D eigenvalue weighted by Gasteiger charge is -2.19. The van der Waals surface area contributed by atoms with Crippen LogP contribution in [0, 0.1) is 0 Å². The number of carbonyl (C=O) groups excluding carboxylic acids is 2. The monoisotopic (exact) mass is 306 g/mol. The predicted octanol–water partition coefficient (Wildman–Crippen LogP) is 1.48. The Bertz CT molecular complexity index is 527. The van der Waals surface area contributed by atoms with Crippen LogP contribution in [-0.2, 0) is 15.7 Å². The van der Waals surface area contributed by atoms with Crippen LogP contribution >= 0.6 is 0 Å². The average Bonchev–Trinajstić information content (AvgIpc) is 2.44. The highest BCUT2D eigenvalue weighted by Gasteiger charge is 2.34. The molecule has 2 atom stereocenters. The molecule has 1 aromatic rings. The second-order valence-corrected chi connectivity index (χ2v) is 4.10. The van der Waals surface area contributed by atoms with E-state index in [4.69, 9.17) is 0 Å². The van der Waals surface area contributed by atoms with E-state index in [1.54, 1.807) is 0 Å². The molecule has 0 fully saturated rings. The Kier molecular flexibility index (Phi) is 5.45. The molecule has 0 amide bonds. The highest BCUT2D eigenvalue weighted by molar-refractivity contribution is 5.80. The summed E-state index contributed by atoms with van der Waals surface area (Å²) < 4.78 is 42.3. The molecule has 0 saturated heterocycles. The summed E-state index contributed by atoms with van der Waals surface area (Å²) in [7, 11) is 0. The number of aliphatic hydroxyl groups is 2. The molecule has 0 saturated carbocycles. The van der Waals surface area contributed by atoms with Crippen molar-refractivity contribution >= 4 is 12.3 Å². The number of carbonyl (C=O) groups is 2. The maximum Gasteiger partial charge on any atom is 0.416 e. The number of ether oxygens (including phenoxy) is 1. The molecule has 0 spiro atoms. The summed E-state index contributed by atoms with van der Waals surface area (Å²) in [4.78, 5) is 22.1. The number of benzene rings is 1. The van der Waals surface area contributed by atoms with E-state index in [1.807, 2.05) is 0 Å². The first-order valence-electron chi connectivity index (χ1n) is 5.91. The third kappa shape index (κ3) is 4.02. The summed E-state index contributed by atoms with van der Waals surface area (Å²) in [5, 5.41) is 19.4. The van der Waals surface area contributed by atoms with Crippen molar-refractivity contribution in [3.63, 3.8) is 0 Å². The van der Waals surface area contributed by atoms with Crippen LogP contribution in [0.1, 0.15) is 34.5 Å². The van der Waals surface area contributed by atoms with E-state index in [0.717, 1.165) is 6.07 Å². The Hall–Kier alpha value is -1.93. The van der Waals surface area contributed by atoms with Crippen molar-refractivity contribution in [2.45, 2.75) is 25.3 Å². The van der Waals surface area contributed by atoms with Crippen LogP contribution in [0.4, 0.5) is 13.2 Å². The minimum absolute atomic E-state index is 0.0776. The lowest BCUT2D eigenvalue weighted by molar-refractivity contribution is -0.159. The molecule has 0 bridgehead atoms. The van der Waals surface area contributed by atoms with Crippen molar-refractivity contribution < 1.29 is 37.7 Å². The second-order valence-electron chi connectivity index (χ2n) is 4.10. The largest absolute Gasteiger partial charge is 0.464 e. The van der Waals surface area contributed by atoms with E-state index in [9.17, 15) is 33.0 Å². The van der Waals surface area contributed by atoms with Gasteiger partial charge >= 0.3 is 12.1 Å². The van der Waals surface area contributed by atoms with Crippen molar-refractivity contribution in [2.75, 3.05) is 6.61 Å². The normalized spacial score (nSPS) is 14.4. The number of alkyl halides is 3. The quantitative estimate of drug-likeness (QED) is 0.636. The number of hydrogen-bond donors (Lipinski definition) is 2. The topological polar surface area (TPSA) is 83.8 Å².